The van der Waals surface area contributed by atoms with Crippen LogP contribution in [-0.2, 0) is 4.79 Å². The molecule has 26 heavy (non-hydrogen) atoms. The van der Waals surface area contributed by atoms with Gasteiger partial charge in [-0.05, 0) is 56.2 Å². The third-order valence-corrected chi connectivity index (χ3v) is 5.21. The van der Waals surface area contributed by atoms with Gasteiger partial charge < -0.3 is 19.9 Å². The van der Waals surface area contributed by atoms with Crippen LogP contribution in [0, 0.1) is 0 Å². The molecule has 6 nitrogen and oxygen atoms in total. The highest BCUT2D eigenvalue weighted by Gasteiger charge is 2.23. The lowest BCUT2D eigenvalue weighted by atomic mass is 9.98. The molecular weight excluding hydrogens is 354 g/mol. The van der Waals surface area contributed by atoms with Crippen molar-refractivity contribution in [3.8, 4) is 21.9 Å². The zero-order chi connectivity index (χ0) is 18.7. The number of nitrogens with one attached hydrogen (secondary N) is 1. The fourth-order valence-corrected chi connectivity index (χ4v) is 3.56. The second-order valence-corrected chi connectivity index (χ2v) is 7.84. The van der Waals surface area contributed by atoms with Crippen molar-refractivity contribution in [1.82, 2.24) is 5.32 Å². The summed E-state index contributed by atoms with van der Waals surface area (Å²) in [7, 11) is 0. The molecule has 1 aromatic heterocycles. The summed E-state index contributed by atoms with van der Waals surface area (Å²) in [4.78, 5) is 24.8. The highest BCUT2D eigenvalue weighted by molar-refractivity contribution is 7.17. The van der Waals surface area contributed by atoms with E-state index in [1.807, 2.05) is 38.1 Å². The minimum atomic E-state index is -0.871. The Morgan fingerprint density at radius 3 is 2.62 bits per heavy atom. The van der Waals surface area contributed by atoms with Crippen molar-refractivity contribution in [1.29, 1.82) is 0 Å². The molecule has 138 valence electrons. The van der Waals surface area contributed by atoms with E-state index < -0.39 is 11.5 Å². The van der Waals surface area contributed by atoms with Crippen LogP contribution in [0.15, 0.2) is 30.3 Å². The van der Waals surface area contributed by atoms with Crippen molar-refractivity contribution in [3.05, 3.63) is 35.2 Å². The van der Waals surface area contributed by atoms with Gasteiger partial charge in [0.25, 0.3) is 5.91 Å². The van der Waals surface area contributed by atoms with E-state index in [0.29, 0.717) is 30.3 Å². The summed E-state index contributed by atoms with van der Waals surface area (Å²) in [6, 6.07) is 9.41. The molecule has 1 amide bonds. The van der Waals surface area contributed by atoms with Crippen LogP contribution in [0.1, 0.15) is 36.4 Å². The smallest absolute Gasteiger partial charge is 0.303 e. The highest BCUT2D eigenvalue weighted by Crippen LogP contribution is 2.37. The van der Waals surface area contributed by atoms with E-state index in [0.717, 1.165) is 16.2 Å². The van der Waals surface area contributed by atoms with Crippen LogP contribution in [-0.4, -0.2) is 35.7 Å². The minimum absolute atomic E-state index is 0.0141. The molecule has 0 radical (unpaired) electrons. The zero-order valence-corrected chi connectivity index (χ0v) is 15.5. The van der Waals surface area contributed by atoms with Gasteiger partial charge in [0, 0.05) is 16.8 Å². The van der Waals surface area contributed by atoms with Crippen molar-refractivity contribution in [2.75, 3.05) is 13.2 Å². The van der Waals surface area contributed by atoms with Crippen LogP contribution < -0.4 is 14.8 Å². The van der Waals surface area contributed by atoms with Gasteiger partial charge in [-0.1, -0.05) is 0 Å². The molecule has 0 aliphatic carbocycles. The average Bonchev–Trinajstić information content (AvgIpc) is 3.10. The summed E-state index contributed by atoms with van der Waals surface area (Å²) in [5, 5.41) is 11.7. The van der Waals surface area contributed by atoms with Crippen LogP contribution in [0.5, 0.6) is 11.5 Å². The fourth-order valence-electron chi connectivity index (χ4n) is 2.66. The number of thiophene rings is 1. The maximum Gasteiger partial charge on any atom is 0.303 e. The lowest BCUT2D eigenvalue weighted by molar-refractivity contribution is -0.137. The van der Waals surface area contributed by atoms with E-state index in [-0.39, 0.29) is 12.3 Å². The van der Waals surface area contributed by atoms with Gasteiger partial charge in [-0.25, -0.2) is 0 Å². The predicted molar refractivity (Wildman–Crippen MR) is 99.2 cm³/mol. The quantitative estimate of drug-likeness (QED) is 0.806. The molecule has 0 spiro atoms. The molecule has 2 aromatic rings. The van der Waals surface area contributed by atoms with E-state index in [2.05, 4.69) is 5.32 Å². The molecule has 0 fully saturated rings. The Labute approximate surface area is 155 Å². The number of fused-ring (bicyclic) bond motifs is 1. The van der Waals surface area contributed by atoms with Crippen LogP contribution in [0.25, 0.3) is 10.4 Å². The molecule has 0 unspecified atom stereocenters. The topological polar surface area (TPSA) is 84.9 Å². The second kappa shape index (κ2) is 7.37. The van der Waals surface area contributed by atoms with Crippen molar-refractivity contribution in [2.24, 2.45) is 0 Å². The van der Waals surface area contributed by atoms with Crippen molar-refractivity contribution in [3.63, 3.8) is 0 Å². The standard InChI is InChI=1S/C19H21NO5S/c1-19(2,8-7-17(21)22)20-18(23)16-6-5-15(26-16)12-3-4-13-14(11-12)25-10-9-24-13/h3-6,11H,7-10H2,1-2H3,(H,20,23)(H,21,22). The Morgan fingerprint density at radius 2 is 1.88 bits per heavy atom. The van der Waals surface area contributed by atoms with Crippen LogP contribution in [0.3, 0.4) is 0 Å². The summed E-state index contributed by atoms with van der Waals surface area (Å²) in [5.74, 6) is 0.371. The summed E-state index contributed by atoms with van der Waals surface area (Å²) >= 11 is 1.39. The van der Waals surface area contributed by atoms with Gasteiger partial charge in [0.2, 0.25) is 0 Å². The second-order valence-electron chi connectivity index (χ2n) is 6.75. The number of aliphatic carboxylic acids is 1. The fraction of sp³-hybridized carbons (Fsp3) is 0.368. The molecule has 2 heterocycles. The highest BCUT2D eigenvalue weighted by atomic mass is 32.1. The molecule has 2 N–H and O–H groups in total. The van der Waals surface area contributed by atoms with Crippen molar-refractivity contribution >= 4 is 23.2 Å². The number of carbonyl (C=O) groups excluding carboxylic acids is 1. The van der Waals surface area contributed by atoms with Gasteiger partial charge in [0.15, 0.2) is 11.5 Å². The summed E-state index contributed by atoms with van der Waals surface area (Å²) in [6.07, 6.45) is 0.384. The molecule has 0 atom stereocenters. The normalized spacial score (nSPS) is 13.3. The largest absolute Gasteiger partial charge is 0.486 e. The lowest BCUT2D eigenvalue weighted by Gasteiger charge is -2.25. The van der Waals surface area contributed by atoms with Crippen LogP contribution >= 0.6 is 11.3 Å². The number of rotatable bonds is 6. The lowest BCUT2D eigenvalue weighted by Crippen LogP contribution is -2.43. The molecule has 1 aromatic carbocycles. The van der Waals surface area contributed by atoms with E-state index in [9.17, 15) is 9.59 Å². The number of amides is 1. The zero-order valence-electron chi connectivity index (χ0n) is 14.7. The first-order valence-corrected chi connectivity index (χ1v) is 9.20. The van der Waals surface area contributed by atoms with E-state index in [4.69, 9.17) is 14.6 Å². The molecule has 0 saturated heterocycles. The molecule has 0 saturated carbocycles. The number of hydrogen-bond donors (Lipinski definition) is 2. The summed E-state index contributed by atoms with van der Waals surface area (Å²) in [5.41, 5.74) is 0.375. The number of benzene rings is 1. The first-order valence-electron chi connectivity index (χ1n) is 8.38. The molecule has 3 rings (SSSR count). The van der Waals surface area contributed by atoms with E-state index in [1.54, 1.807) is 6.07 Å². The number of carbonyl (C=O) groups is 2. The van der Waals surface area contributed by atoms with Gasteiger partial charge in [-0.15, -0.1) is 11.3 Å². The SMILES string of the molecule is CC(C)(CCC(=O)O)NC(=O)c1ccc(-c2ccc3c(c2)OCCO3)s1. The Bertz CT molecular complexity index is 827. The van der Waals surface area contributed by atoms with Crippen LogP contribution in [0.2, 0.25) is 0 Å². The van der Waals surface area contributed by atoms with Crippen molar-refractivity contribution < 1.29 is 24.2 Å². The number of ether oxygens (including phenoxy) is 2. The average molecular weight is 375 g/mol. The Morgan fingerprint density at radius 1 is 1.15 bits per heavy atom. The van der Waals surface area contributed by atoms with Crippen LogP contribution in [0.4, 0.5) is 0 Å². The molecule has 1 aliphatic heterocycles. The van der Waals surface area contributed by atoms with Crippen molar-refractivity contribution in [2.45, 2.75) is 32.2 Å². The number of hydrogen-bond acceptors (Lipinski definition) is 5. The summed E-state index contributed by atoms with van der Waals surface area (Å²) < 4.78 is 11.1. The Hall–Kier alpha value is -2.54. The summed E-state index contributed by atoms with van der Waals surface area (Å²) in [6.45, 7) is 4.72. The first kappa shape index (κ1) is 18.3. The maximum absolute atomic E-state index is 12.5. The predicted octanol–water partition coefficient (Wildman–Crippen LogP) is 3.56. The van der Waals surface area contributed by atoms with Gasteiger partial charge in [0.05, 0.1) is 4.88 Å². The molecule has 1 aliphatic rings. The van der Waals surface area contributed by atoms with Gasteiger partial charge in [-0.3, -0.25) is 9.59 Å². The third kappa shape index (κ3) is 4.35. The first-order chi connectivity index (χ1) is 12.3. The Kier molecular flexibility index (Phi) is 5.18. The number of carboxylic acid groups (broad SMARTS) is 1. The van der Waals surface area contributed by atoms with E-state index in [1.165, 1.54) is 11.3 Å². The molecular formula is C19H21NO5S. The minimum Gasteiger partial charge on any atom is -0.486 e. The van der Waals surface area contributed by atoms with E-state index >= 15 is 0 Å². The van der Waals surface area contributed by atoms with Gasteiger partial charge >= 0.3 is 5.97 Å². The maximum atomic E-state index is 12.5. The van der Waals surface area contributed by atoms with Gasteiger partial charge in [0.1, 0.15) is 13.2 Å². The monoisotopic (exact) mass is 375 g/mol. The Balaban J connectivity index is 1.71. The van der Waals surface area contributed by atoms with Gasteiger partial charge in [-0.2, -0.15) is 0 Å². The third-order valence-electron chi connectivity index (χ3n) is 4.07. The molecule has 0 bridgehead atoms. The number of carboxylic acids is 1. The molecule has 7 heteroatoms.